The Morgan fingerprint density at radius 2 is 1.73 bits per heavy atom. The van der Waals surface area contributed by atoms with Crippen LogP contribution in [0.4, 0.5) is 0 Å². The summed E-state index contributed by atoms with van der Waals surface area (Å²) < 4.78 is 0. The van der Waals surface area contributed by atoms with Gasteiger partial charge in [-0.2, -0.15) is 0 Å². The third-order valence-corrected chi connectivity index (χ3v) is 2.02. The molecule has 92 valence electrons. The summed E-state index contributed by atoms with van der Waals surface area (Å²) in [6.45, 7) is 13.2. The molecule has 15 heavy (non-hydrogen) atoms. The fraction of sp³-hybridized carbons (Fsp3) is 0.917. The van der Waals surface area contributed by atoms with Gasteiger partial charge in [0.1, 0.15) is 0 Å². The Hall–Kier alpha value is -0.570. The third kappa shape index (κ3) is 8.43. The van der Waals surface area contributed by atoms with Gasteiger partial charge in [0.25, 0.3) is 0 Å². The Bertz CT molecular complexity index is 140. The lowest BCUT2D eigenvalue weighted by atomic mass is 10.2. The highest BCUT2D eigenvalue weighted by Crippen LogP contribution is 2.03. The van der Waals surface area contributed by atoms with Gasteiger partial charge in [-0.3, -0.25) is 4.79 Å². The van der Waals surface area contributed by atoms with Gasteiger partial charge in [-0.1, -0.05) is 34.1 Å². The van der Waals surface area contributed by atoms with E-state index in [4.69, 9.17) is 0 Å². The number of likely N-dealkylation sites (N-methyl/N-ethyl adjacent to an activating group) is 1. The molecule has 1 atom stereocenters. The molecule has 1 heterocycles. The predicted octanol–water partition coefficient (Wildman–Crippen LogP) is 2.22. The van der Waals surface area contributed by atoms with Crippen LogP contribution in [0.2, 0.25) is 0 Å². The maximum Gasteiger partial charge on any atom is 0.210 e. The largest absolute Gasteiger partial charge is 0.340 e. The van der Waals surface area contributed by atoms with Crippen LogP contribution >= 0.6 is 0 Å². The highest BCUT2D eigenvalue weighted by Gasteiger charge is 2.18. The fourth-order valence-electron chi connectivity index (χ4n) is 1.31. The van der Waals surface area contributed by atoms with Gasteiger partial charge in [0, 0.05) is 25.7 Å². The lowest BCUT2D eigenvalue weighted by Gasteiger charge is -2.35. The number of hydrogen-bond acceptors (Lipinski definition) is 2. The molecule has 1 aliphatic rings. The van der Waals surface area contributed by atoms with Gasteiger partial charge in [-0.25, -0.2) is 0 Å². The molecule has 0 radical (unpaired) electrons. The minimum Gasteiger partial charge on any atom is -0.340 e. The normalized spacial score (nSPS) is 20.7. The predicted molar refractivity (Wildman–Crippen MR) is 67.0 cm³/mol. The van der Waals surface area contributed by atoms with Crippen molar-refractivity contribution < 1.29 is 4.79 Å². The molecule has 0 aliphatic carbocycles. The van der Waals surface area contributed by atoms with Gasteiger partial charge in [-0.15, -0.1) is 0 Å². The molecule has 1 rings (SSSR count). The van der Waals surface area contributed by atoms with E-state index in [0.29, 0.717) is 6.04 Å². The molecule has 0 spiro atoms. The molecule has 0 bridgehead atoms. The van der Waals surface area contributed by atoms with Crippen LogP contribution in [0.15, 0.2) is 0 Å². The maximum absolute atomic E-state index is 10.4. The number of carbonyl (C=O) groups is 1. The molecule has 1 unspecified atom stereocenters. The highest BCUT2D eigenvalue weighted by molar-refractivity contribution is 5.47. The molecule has 0 saturated carbocycles. The second-order valence-electron chi connectivity index (χ2n) is 3.66. The molecule has 0 N–H and O–H groups in total. The van der Waals surface area contributed by atoms with Crippen molar-refractivity contribution in [2.75, 3.05) is 26.7 Å². The smallest absolute Gasteiger partial charge is 0.210 e. The van der Waals surface area contributed by atoms with Crippen LogP contribution in [0.25, 0.3) is 0 Å². The van der Waals surface area contributed by atoms with Crippen molar-refractivity contribution >= 4 is 6.41 Å². The van der Waals surface area contributed by atoms with Gasteiger partial charge >= 0.3 is 0 Å². The lowest BCUT2D eigenvalue weighted by molar-refractivity contribution is -0.121. The minimum absolute atomic E-state index is 0.385. The Morgan fingerprint density at radius 1 is 1.27 bits per heavy atom. The summed E-state index contributed by atoms with van der Waals surface area (Å²) >= 11 is 0. The second-order valence-corrected chi connectivity index (χ2v) is 3.66. The van der Waals surface area contributed by atoms with Crippen LogP contribution in [0.1, 0.15) is 41.0 Å². The first-order valence-corrected chi connectivity index (χ1v) is 6.05. The van der Waals surface area contributed by atoms with Crippen LogP contribution in [-0.4, -0.2) is 48.9 Å². The standard InChI is InChI=1S/C7H14N2O.C3H8.C2H6/c1-7-5-8(2)3-4-9(7)6-10;1-3-2;1-2/h6-7H,3-5H2,1-2H3;3H2,1-2H3;1-2H3. The molecule has 1 aliphatic heterocycles. The average Bonchev–Trinajstić information content (AvgIpc) is 2.22. The summed E-state index contributed by atoms with van der Waals surface area (Å²) in [7, 11) is 2.08. The van der Waals surface area contributed by atoms with Gasteiger partial charge in [0.15, 0.2) is 0 Å². The zero-order valence-corrected chi connectivity index (χ0v) is 11.3. The first kappa shape index (κ1) is 16.8. The van der Waals surface area contributed by atoms with Crippen molar-refractivity contribution in [3.63, 3.8) is 0 Å². The summed E-state index contributed by atoms with van der Waals surface area (Å²) in [6.07, 6.45) is 2.19. The summed E-state index contributed by atoms with van der Waals surface area (Å²) in [4.78, 5) is 14.5. The minimum atomic E-state index is 0.385. The van der Waals surface area contributed by atoms with E-state index in [2.05, 4.69) is 32.7 Å². The third-order valence-electron chi connectivity index (χ3n) is 2.02. The fourth-order valence-corrected chi connectivity index (χ4v) is 1.31. The lowest BCUT2D eigenvalue weighted by Crippen LogP contribution is -2.49. The maximum atomic E-state index is 10.4. The Kier molecular flexibility index (Phi) is 12.9. The van der Waals surface area contributed by atoms with Gasteiger partial charge in [-0.05, 0) is 14.0 Å². The molecule has 0 aromatic heterocycles. The number of carbonyl (C=O) groups excluding carboxylic acids is 1. The van der Waals surface area contributed by atoms with Crippen LogP contribution in [-0.2, 0) is 4.79 Å². The Balaban J connectivity index is 0. The summed E-state index contributed by atoms with van der Waals surface area (Å²) in [5.41, 5.74) is 0. The number of hydrogen-bond donors (Lipinski definition) is 0. The number of rotatable bonds is 1. The zero-order chi connectivity index (χ0) is 12.3. The van der Waals surface area contributed by atoms with E-state index in [1.165, 1.54) is 6.42 Å². The van der Waals surface area contributed by atoms with Crippen LogP contribution in [0, 0.1) is 0 Å². The van der Waals surface area contributed by atoms with E-state index in [0.717, 1.165) is 26.0 Å². The number of amides is 1. The zero-order valence-electron chi connectivity index (χ0n) is 11.3. The van der Waals surface area contributed by atoms with Crippen molar-refractivity contribution in [3.05, 3.63) is 0 Å². The SMILES string of the molecule is CC.CC1CN(C)CCN1C=O.CCC. The molecule has 3 nitrogen and oxygen atoms in total. The molecule has 1 amide bonds. The molecule has 0 aromatic rings. The van der Waals surface area contributed by atoms with E-state index in [1.54, 1.807) is 0 Å². The van der Waals surface area contributed by atoms with E-state index < -0.39 is 0 Å². The van der Waals surface area contributed by atoms with Crippen molar-refractivity contribution in [1.82, 2.24) is 9.80 Å². The highest BCUT2D eigenvalue weighted by atomic mass is 16.1. The molecule has 3 heteroatoms. The Morgan fingerprint density at radius 3 is 2.07 bits per heavy atom. The molecular formula is C12H28N2O. The van der Waals surface area contributed by atoms with Crippen molar-refractivity contribution in [2.45, 2.75) is 47.1 Å². The van der Waals surface area contributed by atoms with E-state index in [-0.39, 0.29) is 0 Å². The van der Waals surface area contributed by atoms with Crippen LogP contribution < -0.4 is 0 Å². The van der Waals surface area contributed by atoms with Gasteiger partial charge < -0.3 is 9.80 Å². The summed E-state index contributed by atoms with van der Waals surface area (Å²) in [5.74, 6) is 0. The second kappa shape index (κ2) is 11.5. The van der Waals surface area contributed by atoms with Gasteiger partial charge in [0.05, 0.1) is 0 Å². The van der Waals surface area contributed by atoms with E-state index >= 15 is 0 Å². The first-order valence-electron chi connectivity index (χ1n) is 6.05. The van der Waals surface area contributed by atoms with Crippen molar-refractivity contribution in [1.29, 1.82) is 0 Å². The molecular weight excluding hydrogens is 188 g/mol. The quantitative estimate of drug-likeness (QED) is 0.628. The topological polar surface area (TPSA) is 23.6 Å². The molecule has 1 saturated heterocycles. The number of nitrogens with zero attached hydrogens (tertiary/aromatic N) is 2. The summed E-state index contributed by atoms with van der Waals surface area (Å²) in [5, 5.41) is 0. The summed E-state index contributed by atoms with van der Waals surface area (Å²) in [6, 6.07) is 0.385. The average molecular weight is 216 g/mol. The van der Waals surface area contributed by atoms with Crippen LogP contribution in [0.5, 0.6) is 0 Å². The molecule has 1 fully saturated rings. The van der Waals surface area contributed by atoms with E-state index in [9.17, 15) is 4.79 Å². The van der Waals surface area contributed by atoms with Crippen molar-refractivity contribution in [3.8, 4) is 0 Å². The van der Waals surface area contributed by atoms with E-state index in [1.807, 2.05) is 18.7 Å². The monoisotopic (exact) mass is 216 g/mol. The number of piperazine rings is 1. The van der Waals surface area contributed by atoms with Crippen LogP contribution in [0.3, 0.4) is 0 Å². The first-order chi connectivity index (χ1) is 7.15. The Labute approximate surface area is 95.4 Å². The van der Waals surface area contributed by atoms with Crippen molar-refractivity contribution in [2.24, 2.45) is 0 Å². The molecule has 0 aromatic carbocycles. The van der Waals surface area contributed by atoms with Gasteiger partial charge in [0.2, 0.25) is 6.41 Å².